The Morgan fingerprint density at radius 3 is 2.65 bits per heavy atom. The number of carbonyl (C=O) groups is 2. The Hall–Kier alpha value is -2.14. The molecule has 0 radical (unpaired) electrons. The van der Waals surface area contributed by atoms with Gasteiger partial charge in [-0.3, -0.25) is 9.59 Å². The van der Waals surface area contributed by atoms with Crippen molar-refractivity contribution >= 4 is 23.6 Å². The second kappa shape index (κ2) is 6.96. The van der Waals surface area contributed by atoms with E-state index in [0.29, 0.717) is 13.0 Å². The van der Waals surface area contributed by atoms with Crippen molar-refractivity contribution in [3.05, 3.63) is 35.9 Å². The molecule has 2 saturated heterocycles. The minimum absolute atomic E-state index is 0.0259. The number of nitrogens with zero attached hydrogens (tertiary/aromatic N) is 2. The van der Waals surface area contributed by atoms with Gasteiger partial charge in [-0.2, -0.15) is 0 Å². The van der Waals surface area contributed by atoms with Crippen LogP contribution in [0.4, 0.5) is 5.69 Å². The van der Waals surface area contributed by atoms with E-state index in [-0.39, 0.29) is 24.5 Å². The molecule has 1 N–H and O–H groups in total. The molecule has 0 aromatic heterocycles. The summed E-state index contributed by atoms with van der Waals surface area (Å²) in [5.74, 6) is 0.118. The maximum Gasteiger partial charge on any atom is 0.246 e. The zero-order valence-electron chi connectivity index (χ0n) is 13.1. The molecule has 3 rings (SSSR count). The number of aliphatic hydroxyl groups is 1. The van der Waals surface area contributed by atoms with Crippen LogP contribution in [0.3, 0.4) is 0 Å². The monoisotopic (exact) mass is 314 g/mol. The van der Waals surface area contributed by atoms with Crippen molar-refractivity contribution in [3.63, 3.8) is 0 Å². The van der Waals surface area contributed by atoms with Crippen molar-refractivity contribution in [2.75, 3.05) is 24.6 Å². The van der Waals surface area contributed by atoms with Crippen LogP contribution in [0.2, 0.25) is 0 Å². The Labute approximate surface area is 136 Å². The third kappa shape index (κ3) is 3.45. The van der Waals surface area contributed by atoms with E-state index in [4.69, 9.17) is 0 Å². The first-order valence-corrected chi connectivity index (χ1v) is 8.19. The molecule has 0 spiro atoms. The number of likely N-dealkylation sites (tertiary alicyclic amines) is 1. The normalized spacial score (nSPS) is 21.6. The number of benzene rings is 1. The minimum atomic E-state index is -0.0552. The van der Waals surface area contributed by atoms with Gasteiger partial charge in [0.05, 0.1) is 12.6 Å². The van der Waals surface area contributed by atoms with Crippen LogP contribution < -0.4 is 4.90 Å². The SMILES string of the molecule is O=C1CCCN1c1ccc(/C=C/C(=O)N2CCC[C@@H]2CO)cc1. The van der Waals surface area contributed by atoms with E-state index in [1.165, 1.54) is 0 Å². The van der Waals surface area contributed by atoms with E-state index in [2.05, 4.69) is 0 Å². The number of amides is 2. The van der Waals surface area contributed by atoms with Gasteiger partial charge in [-0.1, -0.05) is 12.1 Å². The first-order chi connectivity index (χ1) is 11.2. The first kappa shape index (κ1) is 15.7. The summed E-state index contributed by atoms with van der Waals surface area (Å²) in [6, 6.07) is 7.62. The first-order valence-electron chi connectivity index (χ1n) is 8.19. The van der Waals surface area contributed by atoms with Gasteiger partial charge in [-0.15, -0.1) is 0 Å². The summed E-state index contributed by atoms with van der Waals surface area (Å²) in [6.45, 7) is 1.52. The van der Waals surface area contributed by atoms with E-state index < -0.39 is 0 Å². The molecule has 2 aliphatic heterocycles. The Morgan fingerprint density at radius 2 is 2.00 bits per heavy atom. The second-order valence-electron chi connectivity index (χ2n) is 6.08. The lowest BCUT2D eigenvalue weighted by atomic mass is 10.1. The van der Waals surface area contributed by atoms with E-state index in [1.807, 2.05) is 24.3 Å². The fourth-order valence-electron chi connectivity index (χ4n) is 3.27. The molecular weight excluding hydrogens is 292 g/mol. The van der Waals surface area contributed by atoms with Crippen molar-refractivity contribution in [3.8, 4) is 0 Å². The lowest BCUT2D eigenvalue weighted by Gasteiger charge is -2.21. The van der Waals surface area contributed by atoms with Crippen LogP contribution in [-0.2, 0) is 9.59 Å². The Morgan fingerprint density at radius 1 is 1.22 bits per heavy atom. The maximum absolute atomic E-state index is 12.2. The molecule has 23 heavy (non-hydrogen) atoms. The van der Waals surface area contributed by atoms with Gasteiger partial charge in [0, 0.05) is 31.3 Å². The van der Waals surface area contributed by atoms with Crippen molar-refractivity contribution < 1.29 is 14.7 Å². The summed E-state index contributed by atoms with van der Waals surface area (Å²) in [7, 11) is 0. The molecule has 0 aliphatic carbocycles. The van der Waals surface area contributed by atoms with Crippen molar-refractivity contribution in [2.45, 2.75) is 31.7 Å². The molecule has 1 atom stereocenters. The molecule has 2 amide bonds. The zero-order chi connectivity index (χ0) is 16.2. The van der Waals surface area contributed by atoms with E-state index >= 15 is 0 Å². The van der Waals surface area contributed by atoms with Gasteiger partial charge in [-0.05, 0) is 43.0 Å². The van der Waals surface area contributed by atoms with E-state index in [9.17, 15) is 14.7 Å². The summed E-state index contributed by atoms with van der Waals surface area (Å²) < 4.78 is 0. The van der Waals surface area contributed by atoms with Gasteiger partial charge in [0.15, 0.2) is 0 Å². The predicted molar refractivity (Wildman–Crippen MR) is 88.9 cm³/mol. The fourth-order valence-corrected chi connectivity index (χ4v) is 3.27. The molecular formula is C18H22N2O3. The maximum atomic E-state index is 12.2. The van der Waals surface area contributed by atoms with Gasteiger partial charge in [0.25, 0.3) is 0 Å². The Bertz CT molecular complexity index is 609. The molecule has 1 aromatic rings. The smallest absolute Gasteiger partial charge is 0.246 e. The molecule has 5 heteroatoms. The summed E-state index contributed by atoms with van der Waals surface area (Å²) in [5, 5.41) is 9.28. The zero-order valence-corrected chi connectivity index (χ0v) is 13.1. The van der Waals surface area contributed by atoms with Crippen LogP contribution in [0, 0.1) is 0 Å². The third-order valence-corrected chi connectivity index (χ3v) is 4.57. The summed E-state index contributed by atoms with van der Waals surface area (Å²) in [4.78, 5) is 27.4. The molecule has 122 valence electrons. The van der Waals surface area contributed by atoms with E-state index in [1.54, 1.807) is 22.0 Å². The fraction of sp³-hybridized carbons (Fsp3) is 0.444. The van der Waals surface area contributed by atoms with Crippen molar-refractivity contribution in [2.24, 2.45) is 0 Å². The number of hydrogen-bond donors (Lipinski definition) is 1. The average Bonchev–Trinajstić information content (AvgIpc) is 3.21. The summed E-state index contributed by atoms with van der Waals surface area (Å²) >= 11 is 0. The van der Waals surface area contributed by atoms with Gasteiger partial charge >= 0.3 is 0 Å². The average molecular weight is 314 g/mol. The van der Waals surface area contributed by atoms with Gasteiger partial charge in [0.1, 0.15) is 0 Å². The summed E-state index contributed by atoms with van der Waals surface area (Å²) in [6.07, 6.45) is 6.70. The molecule has 5 nitrogen and oxygen atoms in total. The van der Waals surface area contributed by atoms with Crippen LogP contribution >= 0.6 is 0 Å². The lowest BCUT2D eigenvalue weighted by Crippen LogP contribution is -2.36. The Kier molecular flexibility index (Phi) is 4.76. The van der Waals surface area contributed by atoms with Crippen molar-refractivity contribution in [1.82, 2.24) is 4.90 Å². The van der Waals surface area contributed by atoms with Crippen LogP contribution in [0.1, 0.15) is 31.2 Å². The quantitative estimate of drug-likeness (QED) is 0.862. The predicted octanol–water partition coefficient (Wildman–Crippen LogP) is 1.81. The van der Waals surface area contributed by atoms with Crippen LogP contribution in [-0.4, -0.2) is 47.6 Å². The largest absolute Gasteiger partial charge is 0.394 e. The second-order valence-corrected chi connectivity index (χ2v) is 6.08. The third-order valence-electron chi connectivity index (χ3n) is 4.57. The van der Waals surface area contributed by atoms with Crippen LogP contribution in [0.25, 0.3) is 6.08 Å². The highest BCUT2D eigenvalue weighted by Crippen LogP contribution is 2.22. The highest BCUT2D eigenvalue weighted by atomic mass is 16.3. The number of rotatable bonds is 4. The molecule has 0 bridgehead atoms. The number of aliphatic hydroxyl groups excluding tert-OH is 1. The molecule has 2 heterocycles. The number of carbonyl (C=O) groups excluding carboxylic acids is 2. The number of hydrogen-bond acceptors (Lipinski definition) is 3. The minimum Gasteiger partial charge on any atom is -0.394 e. The highest BCUT2D eigenvalue weighted by molar-refractivity contribution is 5.95. The van der Waals surface area contributed by atoms with Crippen LogP contribution in [0.5, 0.6) is 0 Å². The van der Waals surface area contributed by atoms with Gasteiger partial charge in [-0.25, -0.2) is 0 Å². The van der Waals surface area contributed by atoms with E-state index in [0.717, 1.165) is 37.1 Å². The van der Waals surface area contributed by atoms with Crippen LogP contribution in [0.15, 0.2) is 30.3 Å². The van der Waals surface area contributed by atoms with Crippen molar-refractivity contribution in [1.29, 1.82) is 0 Å². The molecule has 1 aromatic carbocycles. The van der Waals surface area contributed by atoms with Gasteiger partial charge < -0.3 is 14.9 Å². The molecule has 0 unspecified atom stereocenters. The highest BCUT2D eigenvalue weighted by Gasteiger charge is 2.26. The van der Waals surface area contributed by atoms with Gasteiger partial charge in [0.2, 0.25) is 11.8 Å². The molecule has 2 fully saturated rings. The standard InChI is InChI=1S/C18H22N2O3/c21-13-16-3-1-11-20(16)18(23)10-7-14-5-8-15(9-6-14)19-12-2-4-17(19)22/h5-10,16,21H,1-4,11-13H2/b10-7+/t16-/m1/s1. The lowest BCUT2D eigenvalue weighted by molar-refractivity contribution is -0.127. The molecule has 2 aliphatic rings. The Balaban J connectivity index is 1.63. The molecule has 0 saturated carbocycles. The topological polar surface area (TPSA) is 60.9 Å². The summed E-state index contributed by atoms with van der Waals surface area (Å²) in [5.41, 5.74) is 1.84. The number of anilines is 1.